The molecule has 0 bridgehead atoms. The molecule has 1 atom stereocenters. The predicted molar refractivity (Wildman–Crippen MR) is 120 cm³/mol. The van der Waals surface area contributed by atoms with Crippen LogP contribution >= 0.6 is 11.6 Å². The molecular weight excluding hydrogens is 459 g/mol. The minimum Gasteiger partial charge on any atom is -0.490 e. The largest absolute Gasteiger partial charge is 0.490 e. The zero-order valence-electron chi connectivity index (χ0n) is 19.5. The number of hydrogen-bond acceptors (Lipinski definition) is 5. The van der Waals surface area contributed by atoms with Crippen LogP contribution in [-0.2, 0) is 10.9 Å². The second kappa shape index (κ2) is 10.2. The Kier molecular flexibility index (Phi) is 8.22. The molecule has 1 aromatic heterocycles. The maximum absolute atomic E-state index is 12.9. The number of nitrogens with zero attached hydrogens (tertiary/aromatic N) is 2. The molecule has 182 valence electrons. The van der Waals surface area contributed by atoms with Gasteiger partial charge in [0.1, 0.15) is 18.0 Å². The Morgan fingerprint density at radius 3 is 2.36 bits per heavy atom. The monoisotopic (exact) mass is 487 g/mol. The molecule has 0 aliphatic carbocycles. The average Bonchev–Trinajstić information content (AvgIpc) is 2.64. The molecule has 2 rings (SSSR count). The minimum atomic E-state index is -4.65. The molecule has 1 aromatic carbocycles. The standard InChI is InChI=1S/C23H29ClF3N3O3/c1-14(2)12-22(6,30-20(31)33-21(3,4)5)13-32-18-8-7-15(11-16(18)24)17-9-10-28-19(29-17)23(25,26)27/h7-11,14H,12-13H2,1-6H3,(H,30,31). The summed E-state index contributed by atoms with van der Waals surface area (Å²) >= 11 is 6.33. The van der Waals surface area contributed by atoms with Gasteiger partial charge in [0.05, 0.1) is 16.3 Å². The summed E-state index contributed by atoms with van der Waals surface area (Å²) in [6.07, 6.45) is -3.54. The Balaban J connectivity index is 2.18. The maximum atomic E-state index is 12.9. The molecule has 0 aliphatic rings. The summed E-state index contributed by atoms with van der Waals surface area (Å²) in [6.45, 7) is 11.3. The van der Waals surface area contributed by atoms with Crippen LogP contribution in [-0.4, -0.2) is 33.8 Å². The van der Waals surface area contributed by atoms with Gasteiger partial charge in [0.15, 0.2) is 0 Å². The molecule has 0 fully saturated rings. The molecule has 0 saturated heterocycles. The third-order valence-electron chi connectivity index (χ3n) is 4.34. The number of amides is 1. The van der Waals surface area contributed by atoms with E-state index in [0.717, 1.165) is 6.20 Å². The van der Waals surface area contributed by atoms with E-state index in [4.69, 9.17) is 21.1 Å². The van der Waals surface area contributed by atoms with E-state index in [1.807, 2.05) is 20.8 Å². The SMILES string of the molecule is CC(C)CC(C)(COc1ccc(-c2ccnc(C(F)(F)F)n2)cc1Cl)NC(=O)OC(C)(C)C. The van der Waals surface area contributed by atoms with Crippen molar-refractivity contribution in [2.45, 2.75) is 65.3 Å². The second-order valence-corrected chi connectivity index (χ2v) is 9.89. The Hall–Kier alpha value is -2.55. The Bertz CT molecular complexity index is 977. The van der Waals surface area contributed by atoms with Gasteiger partial charge in [-0.25, -0.2) is 14.8 Å². The van der Waals surface area contributed by atoms with Gasteiger partial charge >= 0.3 is 12.3 Å². The highest BCUT2D eigenvalue weighted by Gasteiger charge is 2.35. The summed E-state index contributed by atoms with van der Waals surface area (Å²) in [5.74, 6) is -0.646. The van der Waals surface area contributed by atoms with Crippen LogP contribution in [0, 0.1) is 5.92 Å². The van der Waals surface area contributed by atoms with Crippen molar-refractivity contribution >= 4 is 17.7 Å². The number of halogens is 4. The lowest BCUT2D eigenvalue weighted by Crippen LogP contribution is -2.52. The average molecular weight is 488 g/mol. The van der Waals surface area contributed by atoms with E-state index in [0.29, 0.717) is 17.7 Å². The van der Waals surface area contributed by atoms with Crippen LogP contribution in [0.3, 0.4) is 0 Å². The van der Waals surface area contributed by atoms with Gasteiger partial charge in [-0.05, 0) is 64.3 Å². The minimum absolute atomic E-state index is 0.0852. The summed E-state index contributed by atoms with van der Waals surface area (Å²) in [5.41, 5.74) is -0.915. The van der Waals surface area contributed by atoms with Gasteiger partial charge in [-0.3, -0.25) is 0 Å². The lowest BCUT2D eigenvalue weighted by molar-refractivity contribution is -0.144. The van der Waals surface area contributed by atoms with Crippen molar-refractivity contribution < 1.29 is 27.4 Å². The molecule has 0 saturated carbocycles. The molecule has 1 N–H and O–H groups in total. The van der Waals surface area contributed by atoms with Crippen molar-refractivity contribution in [2.75, 3.05) is 6.61 Å². The summed E-state index contributed by atoms with van der Waals surface area (Å²) < 4.78 is 50.0. The summed E-state index contributed by atoms with van der Waals surface area (Å²) in [7, 11) is 0. The van der Waals surface area contributed by atoms with Crippen LogP contribution in [0.1, 0.15) is 53.8 Å². The first kappa shape index (κ1) is 26.7. The van der Waals surface area contributed by atoms with Gasteiger partial charge in [-0.2, -0.15) is 13.2 Å². The molecule has 0 radical (unpaired) electrons. The van der Waals surface area contributed by atoms with Crippen LogP contribution in [0.4, 0.5) is 18.0 Å². The van der Waals surface area contributed by atoms with Crippen molar-refractivity contribution in [1.29, 1.82) is 0 Å². The number of benzene rings is 1. The van der Waals surface area contributed by atoms with Gasteiger partial charge in [-0.1, -0.05) is 25.4 Å². The molecule has 1 unspecified atom stereocenters. The number of ether oxygens (including phenoxy) is 2. The maximum Gasteiger partial charge on any atom is 0.451 e. The lowest BCUT2D eigenvalue weighted by Gasteiger charge is -2.33. The van der Waals surface area contributed by atoms with Crippen molar-refractivity contribution in [3.8, 4) is 17.0 Å². The molecule has 2 aromatic rings. The first-order valence-corrected chi connectivity index (χ1v) is 10.8. The van der Waals surface area contributed by atoms with E-state index in [9.17, 15) is 18.0 Å². The van der Waals surface area contributed by atoms with E-state index in [1.165, 1.54) is 12.1 Å². The van der Waals surface area contributed by atoms with Gasteiger partial charge in [0, 0.05) is 11.8 Å². The fourth-order valence-corrected chi connectivity index (χ4v) is 3.50. The van der Waals surface area contributed by atoms with E-state index in [-0.39, 0.29) is 23.2 Å². The number of alkyl halides is 3. The van der Waals surface area contributed by atoms with E-state index in [1.54, 1.807) is 32.9 Å². The van der Waals surface area contributed by atoms with Crippen LogP contribution in [0.5, 0.6) is 5.75 Å². The molecule has 33 heavy (non-hydrogen) atoms. The third-order valence-corrected chi connectivity index (χ3v) is 4.64. The van der Waals surface area contributed by atoms with Crippen LogP contribution in [0.25, 0.3) is 11.3 Å². The number of aromatic nitrogens is 2. The van der Waals surface area contributed by atoms with Crippen LogP contribution in [0.2, 0.25) is 5.02 Å². The fourth-order valence-electron chi connectivity index (χ4n) is 3.27. The Morgan fingerprint density at radius 2 is 1.82 bits per heavy atom. The predicted octanol–water partition coefficient (Wildman–Crippen LogP) is 6.52. The highest BCUT2D eigenvalue weighted by atomic mass is 35.5. The van der Waals surface area contributed by atoms with E-state index in [2.05, 4.69) is 15.3 Å². The summed E-state index contributed by atoms with van der Waals surface area (Å²) in [5, 5.41) is 3.07. The summed E-state index contributed by atoms with van der Waals surface area (Å²) in [4.78, 5) is 19.2. The number of alkyl carbamates (subject to hydrolysis) is 1. The van der Waals surface area contributed by atoms with Crippen LogP contribution < -0.4 is 10.1 Å². The molecule has 1 heterocycles. The number of carbonyl (C=O) groups is 1. The van der Waals surface area contributed by atoms with Gasteiger partial charge in [-0.15, -0.1) is 0 Å². The number of hydrogen-bond donors (Lipinski definition) is 1. The molecular formula is C23H29ClF3N3O3. The molecule has 6 nitrogen and oxygen atoms in total. The smallest absolute Gasteiger partial charge is 0.451 e. The van der Waals surface area contributed by atoms with Gasteiger partial charge < -0.3 is 14.8 Å². The topological polar surface area (TPSA) is 73.3 Å². The van der Waals surface area contributed by atoms with Crippen molar-refractivity contribution in [3.63, 3.8) is 0 Å². The van der Waals surface area contributed by atoms with Crippen molar-refractivity contribution in [1.82, 2.24) is 15.3 Å². The quantitative estimate of drug-likeness (QED) is 0.481. The normalized spacial score (nSPS) is 14.0. The molecule has 0 spiro atoms. The fraction of sp³-hybridized carbons (Fsp3) is 0.522. The molecule has 10 heteroatoms. The molecule has 0 aliphatic heterocycles. The first-order valence-electron chi connectivity index (χ1n) is 10.4. The Morgan fingerprint density at radius 1 is 1.15 bits per heavy atom. The van der Waals surface area contributed by atoms with Crippen molar-refractivity contribution in [3.05, 3.63) is 41.3 Å². The summed E-state index contributed by atoms with van der Waals surface area (Å²) in [6, 6.07) is 5.95. The van der Waals surface area contributed by atoms with Crippen molar-refractivity contribution in [2.24, 2.45) is 5.92 Å². The van der Waals surface area contributed by atoms with Crippen LogP contribution in [0.15, 0.2) is 30.5 Å². The highest BCUT2D eigenvalue weighted by molar-refractivity contribution is 6.32. The zero-order valence-corrected chi connectivity index (χ0v) is 20.3. The second-order valence-electron chi connectivity index (χ2n) is 9.48. The first-order chi connectivity index (χ1) is 15.1. The Labute approximate surface area is 196 Å². The lowest BCUT2D eigenvalue weighted by atomic mass is 9.91. The highest BCUT2D eigenvalue weighted by Crippen LogP contribution is 2.32. The van der Waals surface area contributed by atoms with E-state index < -0.39 is 29.2 Å². The number of rotatable bonds is 7. The number of nitrogens with one attached hydrogen (secondary N) is 1. The van der Waals surface area contributed by atoms with Gasteiger partial charge in [0.25, 0.3) is 0 Å². The van der Waals surface area contributed by atoms with Gasteiger partial charge in [0.2, 0.25) is 5.82 Å². The number of carbonyl (C=O) groups excluding carboxylic acids is 1. The van der Waals surface area contributed by atoms with E-state index >= 15 is 0 Å². The molecule has 1 amide bonds. The third kappa shape index (κ3) is 8.38. The zero-order chi connectivity index (χ0) is 25.0.